The second-order valence-electron chi connectivity index (χ2n) is 6.84. The summed E-state index contributed by atoms with van der Waals surface area (Å²) in [6.07, 6.45) is 3.00. The summed E-state index contributed by atoms with van der Waals surface area (Å²) in [5, 5.41) is 2.93. The highest BCUT2D eigenvalue weighted by Crippen LogP contribution is 2.42. The van der Waals surface area contributed by atoms with E-state index in [9.17, 15) is 4.79 Å². The predicted octanol–water partition coefficient (Wildman–Crippen LogP) is 3.62. The van der Waals surface area contributed by atoms with Crippen molar-refractivity contribution in [2.45, 2.75) is 38.0 Å². The fraction of sp³-hybridized carbons (Fsp3) is 0.381. The molecule has 0 saturated heterocycles. The number of rotatable bonds is 5. The van der Waals surface area contributed by atoms with E-state index >= 15 is 0 Å². The van der Waals surface area contributed by atoms with Crippen molar-refractivity contribution in [2.24, 2.45) is 0 Å². The molecule has 0 aliphatic heterocycles. The summed E-state index contributed by atoms with van der Waals surface area (Å²) in [6, 6.07) is 14.6. The fourth-order valence-electron chi connectivity index (χ4n) is 3.85. The Morgan fingerprint density at radius 3 is 2.84 bits per heavy atom. The van der Waals surface area contributed by atoms with Crippen LogP contribution in [0.3, 0.4) is 0 Å². The maximum Gasteiger partial charge on any atom is 0.216 e. The molecule has 0 spiro atoms. The molecule has 2 aromatic rings. The standard InChI is InChI=1S/C21H26N2O2/c1-14(24)23-9-8-17-11-18(15-4-3-5-19(22)12-15)10-16-6-7-20(25-2)13-21(16)17/h3-7,12-13,17-18H,8-11,22H2,1-2H3,(H,23,24). The van der Waals surface area contributed by atoms with E-state index in [-0.39, 0.29) is 5.91 Å². The number of hydrogen-bond donors (Lipinski definition) is 2. The molecule has 0 bridgehead atoms. The topological polar surface area (TPSA) is 64.3 Å². The summed E-state index contributed by atoms with van der Waals surface area (Å²) in [6.45, 7) is 2.26. The second kappa shape index (κ2) is 7.60. The van der Waals surface area contributed by atoms with E-state index in [4.69, 9.17) is 10.5 Å². The molecule has 4 nitrogen and oxygen atoms in total. The molecule has 3 rings (SSSR count). The first-order chi connectivity index (χ1) is 12.1. The molecular weight excluding hydrogens is 312 g/mol. The molecule has 1 aliphatic carbocycles. The van der Waals surface area contributed by atoms with Crippen molar-refractivity contribution in [3.05, 3.63) is 59.2 Å². The Balaban J connectivity index is 1.87. The van der Waals surface area contributed by atoms with Crippen LogP contribution in [0.1, 0.15) is 48.3 Å². The summed E-state index contributed by atoms with van der Waals surface area (Å²) in [5.41, 5.74) is 10.8. The van der Waals surface area contributed by atoms with Gasteiger partial charge in [-0.1, -0.05) is 18.2 Å². The first-order valence-corrected chi connectivity index (χ1v) is 8.83. The third-order valence-corrected chi connectivity index (χ3v) is 5.08. The third kappa shape index (κ3) is 4.13. The predicted molar refractivity (Wildman–Crippen MR) is 101 cm³/mol. The number of benzene rings is 2. The lowest BCUT2D eigenvalue weighted by molar-refractivity contribution is -0.118. The van der Waals surface area contributed by atoms with E-state index < -0.39 is 0 Å². The zero-order valence-electron chi connectivity index (χ0n) is 14.9. The number of nitrogens with one attached hydrogen (secondary N) is 1. The Morgan fingerprint density at radius 2 is 2.12 bits per heavy atom. The molecule has 25 heavy (non-hydrogen) atoms. The lowest BCUT2D eigenvalue weighted by atomic mass is 9.73. The van der Waals surface area contributed by atoms with Gasteiger partial charge >= 0.3 is 0 Å². The van der Waals surface area contributed by atoms with Gasteiger partial charge in [-0.25, -0.2) is 0 Å². The van der Waals surface area contributed by atoms with Gasteiger partial charge in [-0.3, -0.25) is 4.79 Å². The highest BCUT2D eigenvalue weighted by molar-refractivity contribution is 5.72. The number of hydrogen-bond acceptors (Lipinski definition) is 3. The van der Waals surface area contributed by atoms with Gasteiger partial charge in [0.2, 0.25) is 5.91 Å². The Hall–Kier alpha value is -2.49. The van der Waals surface area contributed by atoms with Gasteiger partial charge in [0.05, 0.1) is 7.11 Å². The first kappa shape index (κ1) is 17.3. The molecule has 0 heterocycles. The molecule has 1 aliphatic rings. The van der Waals surface area contributed by atoms with Gasteiger partial charge in [-0.2, -0.15) is 0 Å². The number of fused-ring (bicyclic) bond motifs is 1. The van der Waals surface area contributed by atoms with Gasteiger partial charge in [0, 0.05) is 19.2 Å². The van der Waals surface area contributed by atoms with Crippen LogP contribution >= 0.6 is 0 Å². The molecule has 2 atom stereocenters. The number of nitrogens with two attached hydrogens (primary N) is 1. The quantitative estimate of drug-likeness (QED) is 0.819. The van der Waals surface area contributed by atoms with Crippen LogP contribution in [0, 0.1) is 0 Å². The number of methoxy groups -OCH3 is 1. The maximum atomic E-state index is 11.2. The lowest BCUT2D eigenvalue weighted by Gasteiger charge is -2.32. The SMILES string of the molecule is COc1ccc2c(c1)C(CCNC(C)=O)CC(c1cccc(N)c1)C2. The van der Waals surface area contributed by atoms with E-state index in [1.807, 2.05) is 18.2 Å². The van der Waals surface area contributed by atoms with Crippen LogP contribution < -0.4 is 15.8 Å². The normalized spacial score (nSPS) is 19.1. The van der Waals surface area contributed by atoms with Gasteiger partial charge in [0.1, 0.15) is 5.75 Å². The van der Waals surface area contributed by atoms with Crippen LogP contribution in [0.2, 0.25) is 0 Å². The average molecular weight is 338 g/mol. The Kier molecular flexibility index (Phi) is 5.27. The van der Waals surface area contributed by atoms with Crippen LogP contribution in [-0.2, 0) is 11.2 Å². The first-order valence-electron chi connectivity index (χ1n) is 8.83. The van der Waals surface area contributed by atoms with Crippen molar-refractivity contribution in [2.75, 3.05) is 19.4 Å². The van der Waals surface area contributed by atoms with E-state index in [1.54, 1.807) is 14.0 Å². The summed E-state index contributed by atoms with van der Waals surface area (Å²) in [5.74, 6) is 1.77. The fourth-order valence-corrected chi connectivity index (χ4v) is 3.85. The van der Waals surface area contributed by atoms with Crippen molar-refractivity contribution in [3.8, 4) is 5.75 Å². The summed E-state index contributed by atoms with van der Waals surface area (Å²) in [4.78, 5) is 11.2. The summed E-state index contributed by atoms with van der Waals surface area (Å²) >= 11 is 0. The lowest BCUT2D eigenvalue weighted by Crippen LogP contribution is -2.25. The average Bonchev–Trinajstić information content (AvgIpc) is 2.60. The summed E-state index contributed by atoms with van der Waals surface area (Å²) in [7, 11) is 1.70. The molecule has 132 valence electrons. The van der Waals surface area contributed by atoms with E-state index in [0.29, 0.717) is 18.4 Å². The Bertz CT molecular complexity index is 757. The van der Waals surface area contributed by atoms with E-state index in [2.05, 4.69) is 29.6 Å². The monoisotopic (exact) mass is 338 g/mol. The van der Waals surface area contributed by atoms with Crippen LogP contribution in [0.4, 0.5) is 5.69 Å². The van der Waals surface area contributed by atoms with Crippen LogP contribution in [0.5, 0.6) is 5.75 Å². The molecular formula is C21H26N2O2. The number of carbonyl (C=O) groups excluding carboxylic acids is 1. The van der Waals surface area contributed by atoms with Crippen molar-refractivity contribution >= 4 is 11.6 Å². The third-order valence-electron chi connectivity index (χ3n) is 5.08. The zero-order valence-corrected chi connectivity index (χ0v) is 14.9. The Labute approximate surface area is 149 Å². The minimum absolute atomic E-state index is 0.0223. The van der Waals surface area contributed by atoms with E-state index in [1.165, 1.54) is 16.7 Å². The largest absolute Gasteiger partial charge is 0.497 e. The minimum atomic E-state index is 0.0223. The Morgan fingerprint density at radius 1 is 1.28 bits per heavy atom. The van der Waals surface area contributed by atoms with Gasteiger partial charge < -0.3 is 15.8 Å². The van der Waals surface area contributed by atoms with Crippen LogP contribution in [-0.4, -0.2) is 19.6 Å². The molecule has 0 fully saturated rings. The minimum Gasteiger partial charge on any atom is -0.497 e. The molecule has 0 saturated carbocycles. The molecule has 2 aromatic carbocycles. The number of ether oxygens (including phenoxy) is 1. The highest BCUT2D eigenvalue weighted by Gasteiger charge is 2.28. The zero-order chi connectivity index (χ0) is 17.8. The number of carbonyl (C=O) groups is 1. The maximum absolute atomic E-state index is 11.2. The van der Waals surface area contributed by atoms with Crippen molar-refractivity contribution in [1.82, 2.24) is 5.32 Å². The molecule has 3 N–H and O–H groups in total. The van der Waals surface area contributed by atoms with Crippen molar-refractivity contribution in [1.29, 1.82) is 0 Å². The van der Waals surface area contributed by atoms with Crippen molar-refractivity contribution in [3.63, 3.8) is 0 Å². The van der Waals surface area contributed by atoms with Gasteiger partial charge in [0.25, 0.3) is 0 Å². The molecule has 4 heteroatoms. The smallest absolute Gasteiger partial charge is 0.216 e. The molecule has 1 amide bonds. The van der Waals surface area contributed by atoms with Gasteiger partial charge in [0.15, 0.2) is 0 Å². The van der Waals surface area contributed by atoms with Gasteiger partial charge in [-0.15, -0.1) is 0 Å². The van der Waals surface area contributed by atoms with Crippen molar-refractivity contribution < 1.29 is 9.53 Å². The molecule has 2 unspecified atom stereocenters. The number of anilines is 1. The highest BCUT2D eigenvalue weighted by atomic mass is 16.5. The van der Waals surface area contributed by atoms with E-state index in [0.717, 1.165) is 30.7 Å². The van der Waals surface area contributed by atoms with Crippen LogP contribution in [0.25, 0.3) is 0 Å². The number of amides is 1. The molecule has 0 aromatic heterocycles. The molecule has 0 radical (unpaired) electrons. The summed E-state index contributed by atoms with van der Waals surface area (Å²) < 4.78 is 5.41. The van der Waals surface area contributed by atoms with Gasteiger partial charge in [-0.05, 0) is 72.1 Å². The second-order valence-corrected chi connectivity index (χ2v) is 6.84. The van der Waals surface area contributed by atoms with Crippen LogP contribution in [0.15, 0.2) is 42.5 Å². The number of nitrogen functional groups attached to an aromatic ring is 1.